The van der Waals surface area contributed by atoms with E-state index >= 15 is 0 Å². The van der Waals surface area contributed by atoms with Gasteiger partial charge in [-0.2, -0.15) is 13.2 Å². The Balaban J connectivity index is 1.85. The summed E-state index contributed by atoms with van der Waals surface area (Å²) in [6.45, 7) is 2.92. The highest BCUT2D eigenvalue weighted by Gasteiger charge is 2.30. The Hall–Kier alpha value is -3.66. The second-order valence-electron chi connectivity index (χ2n) is 7.73. The molecule has 0 saturated carbocycles. The van der Waals surface area contributed by atoms with Crippen LogP contribution >= 0.6 is 0 Å². The number of aromatic nitrogens is 2. The molecule has 1 N–H and O–H groups in total. The van der Waals surface area contributed by atoms with Crippen LogP contribution in [0.25, 0.3) is 11.3 Å². The van der Waals surface area contributed by atoms with E-state index in [0.717, 1.165) is 23.3 Å². The summed E-state index contributed by atoms with van der Waals surface area (Å²) in [7, 11) is 1.59. The largest absolute Gasteiger partial charge is 0.482 e. The molecular weight excluding hydrogens is 463 g/mol. The van der Waals surface area contributed by atoms with Crippen molar-refractivity contribution in [3.05, 3.63) is 71.5 Å². The first-order chi connectivity index (χ1) is 16.7. The molecule has 10 heteroatoms. The fraction of sp³-hybridized carbons (Fsp3) is 0.320. The van der Waals surface area contributed by atoms with Gasteiger partial charge < -0.3 is 19.5 Å². The lowest BCUT2D eigenvalue weighted by molar-refractivity contribution is -0.139. The third-order valence-electron chi connectivity index (χ3n) is 5.25. The molecule has 0 saturated heterocycles. The maximum Gasteiger partial charge on any atom is 0.416 e. The quantitative estimate of drug-likeness (QED) is 0.413. The van der Waals surface area contributed by atoms with E-state index in [0.29, 0.717) is 48.9 Å². The Morgan fingerprint density at radius 1 is 1.11 bits per heavy atom. The zero-order valence-corrected chi connectivity index (χ0v) is 19.4. The van der Waals surface area contributed by atoms with Gasteiger partial charge in [-0.15, -0.1) is 0 Å². The molecule has 3 rings (SSSR count). The van der Waals surface area contributed by atoms with Crippen molar-refractivity contribution in [3.8, 4) is 17.0 Å². The number of carboxylic acids is 1. The monoisotopic (exact) mass is 489 g/mol. The van der Waals surface area contributed by atoms with Crippen LogP contribution in [0, 0.1) is 0 Å². The third-order valence-corrected chi connectivity index (χ3v) is 5.25. The van der Waals surface area contributed by atoms with E-state index in [1.807, 2.05) is 24.0 Å². The predicted molar refractivity (Wildman–Crippen MR) is 124 cm³/mol. The number of carboxylic acid groups (broad SMARTS) is 1. The first-order valence-electron chi connectivity index (χ1n) is 10.9. The van der Waals surface area contributed by atoms with Gasteiger partial charge in [-0.1, -0.05) is 31.2 Å². The first-order valence-corrected chi connectivity index (χ1v) is 10.9. The minimum absolute atomic E-state index is 0.418. The highest BCUT2D eigenvalue weighted by molar-refractivity contribution is 5.68. The third kappa shape index (κ3) is 7.16. The maximum absolute atomic E-state index is 12.9. The molecule has 1 aromatic heterocycles. The molecule has 0 amide bonds. The zero-order chi connectivity index (χ0) is 25.4. The van der Waals surface area contributed by atoms with E-state index in [1.165, 1.54) is 18.3 Å². The molecule has 0 unspecified atom stereocenters. The number of anilines is 1. The van der Waals surface area contributed by atoms with Gasteiger partial charge in [-0.05, 0) is 35.7 Å². The smallest absolute Gasteiger partial charge is 0.416 e. The Morgan fingerprint density at radius 3 is 2.49 bits per heavy atom. The van der Waals surface area contributed by atoms with Gasteiger partial charge in [-0.3, -0.25) is 4.98 Å². The summed E-state index contributed by atoms with van der Waals surface area (Å²) in [4.78, 5) is 21.7. The average molecular weight is 489 g/mol. The van der Waals surface area contributed by atoms with Crippen molar-refractivity contribution in [2.24, 2.45) is 0 Å². The molecule has 0 bridgehead atoms. The first kappa shape index (κ1) is 26.0. The van der Waals surface area contributed by atoms with E-state index in [-0.39, 0.29) is 0 Å². The summed E-state index contributed by atoms with van der Waals surface area (Å²) in [5.41, 5.74) is 2.06. The summed E-state index contributed by atoms with van der Waals surface area (Å²) in [6, 6.07) is 10.3. The van der Waals surface area contributed by atoms with Crippen molar-refractivity contribution in [3.63, 3.8) is 0 Å². The zero-order valence-electron chi connectivity index (χ0n) is 19.4. The normalized spacial score (nSPS) is 11.3. The molecule has 0 atom stereocenters. The fourth-order valence-electron chi connectivity index (χ4n) is 3.46. The number of rotatable bonds is 11. The topological polar surface area (TPSA) is 84.8 Å². The lowest BCUT2D eigenvalue weighted by atomic mass is 10.1. The van der Waals surface area contributed by atoms with E-state index in [2.05, 4.69) is 9.97 Å². The summed E-state index contributed by atoms with van der Waals surface area (Å²) in [5, 5.41) is 8.87. The number of ether oxygens (including phenoxy) is 2. The van der Waals surface area contributed by atoms with Crippen LogP contribution in [0.4, 0.5) is 19.0 Å². The van der Waals surface area contributed by atoms with Crippen molar-refractivity contribution >= 4 is 11.8 Å². The van der Waals surface area contributed by atoms with Crippen LogP contribution in [-0.4, -0.2) is 47.9 Å². The number of aliphatic carboxylic acids is 1. The van der Waals surface area contributed by atoms with Crippen LogP contribution in [0.3, 0.4) is 0 Å². The second kappa shape index (κ2) is 11.7. The molecule has 1 heterocycles. The molecule has 3 aromatic rings. The van der Waals surface area contributed by atoms with E-state index in [4.69, 9.17) is 14.6 Å². The number of alkyl halides is 3. The van der Waals surface area contributed by atoms with Crippen LogP contribution in [-0.2, 0) is 28.7 Å². The molecule has 35 heavy (non-hydrogen) atoms. The number of halogens is 3. The van der Waals surface area contributed by atoms with Crippen LogP contribution in [0.1, 0.15) is 23.6 Å². The van der Waals surface area contributed by atoms with Crippen LogP contribution < -0.4 is 9.64 Å². The van der Waals surface area contributed by atoms with Gasteiger partial charge >= 0.3 is 12.1 Å². The Morgan fingerprint density at radius 2 is 1.86 bits per heavy atom. The second-order valence-corrected chi connectivity index (χ2v) is 7.73. The molecule has 0 fully saturated rings. The molecule has 7 nitrogen and oxygen atoms in total. The van der Waals surface area contributed by atoms with E-state index < -0.39 is 24.3 Å². The predicted octanol–water partition coefficient (Wildman–Crippen LogP) is 4.84. The van der Waals surface area contributed by atoms with Crippen molar-refractivity contribution in [2.45, 2.75) is 26.1 Å². The molecule has 186 valence electrons. The van der Waals surface area contributed by atoms with E-state index in [9.17, 15) is 18.0 Å². The Labute approximate surface area is 201 Å². The van der Waals surface area contributed by atoms with Crippen molar-refractivity contribution in [1.82, 2.24) is 9.97 Å². The molecule has 0 aliphatic carbocycles. The van der Waals surface area contributed by atoms with Crippen LogP contribution in [0.15, 0.2) is 54.9 Å². The standard InChI is InChI=1S/C25H26F3N3O4/c1-3-18-12-17(4-9-22(18)35-16-24(32)33)15-31(10-11-34-2)23-14-29-13-21(30-23)19-5-7-20(8-6-19)25(26,27)28/h4-9,12-14H,3,10-11,15-16H2,1-2H3,(H,32,33). The number of hydrogen-bond acceptors (Lipinski definition) is 6. The minimum atomic E-state index is -4.41. The Bertz CT molecular complexity index is 1140. The van der Waals surface area contributed by atoms with Gasteiger partial charge in [0.05, 0.1) is 30.3 Å². The lowest BCUT2D eigenvalue weighted by Gasteiger charge is -2.24. The van der Waals surface area contributed by atoms with Gasteiger partial charge in [0.2, 0.25) is 0 Å². The number of carbonyl (C=O) groups is 1. The van der Waals surface area contributed by atoms with Crippen molar-refractivity contribution < 1.29 is 32.5 Å². The molecular formula is C25H26F3N3O4. The fourth-order valence-corrected chi connectivity index (χ4v) is 3.46. The number of aryl methyl sites for hydroxylation is 1. The average Bonchev–Trinajstić information content (AvgIpc) is 2.85. The van der Waals surface area contributed by atoms with Crippen molar-refractivity contribution in [2.75, 3.05) is 31.8 Å². The highest BCUT2D eigenvalue weighted by Crippen LogP contribution is 2.31. The van der Waals surface area contributed by atoms with Gasteiger partial charge in [0.15, 0.2) is 6.61 Å². The minimum Gasteiger partial charge on any atom is -0.482 e. The number of nitrogens with zero attached hydrogens (tertiary/aromatic N) is 3. The van der Waals surface area contributed by atoms with Gasteiger partial charge in [0.25, 0.3) is 0 Å². The lowest BCUT2D eigenvalue weighted by Crippen LogP contribution is -2.28. The van der Waals surface area contributed by atoms with Gasteiger partial charge in [0.1, 0.15) is 11.6 Å². The van der Waals surface area contributed by atoms with Crippen LogP contribution in [0.2, 0.25) is 0 Å². The summed E-state index contributed by atoms with van der Waals surface area (Å²) >= 11 is 0. The molecule has 0 aliphatic rings. The van der Waals surface area contributed by atoms with Crippen LogP contribution in [0.5, 0.6) is 5.75 Å². The number of hydrogen-bond donors (Lipinski definition) is 1. The summed E-state index contributed by atoms with van der Waals surface area (Å²) < 4.78 is 49.3. The molecule has 0 aliphatic heterocycles. The molecule has 0 radical (unpaired) electrons. The highest BCUT2D eigenvalue weighted by atomic mass is 19.4. The van der Waals surface area contributed by atoms with E-state index in [1.54, 1.807) is 19.4 Å². The van der Waals surface area contributed by atoms with Gasteiger partial charge in [0, 0.05) is 25.8 Å². The number of methoxy groups -OCH3 is 1. The molecule has 0 spiro atoms. The summed E-state index contributed by atoms with van der Waals surface area (Å²) in [6.07, 6.45) is -0.655. The van der Waals surface area contributed by atoms with Crippen molar-refractivity contribution in [1.29, 1.82) is 0 Å². The number of benzene rings is 2. The Kier molecular flexibility index (Phi) is 8.64. The van der Waals surface area contributed by atoms with Gasteiger partial charge in [-0.25, -0.2) is 9.78 Å². The SMILES string of the molecule is CCc1cc(CN(CCOC)c2cncc(-c3ccc(C(F)(F)F)cc3)n2)ccc1OCC(=O)O. The molecule has 2 aromatic carbocycles. The maximum atomic E-state index is 12.9. The summed E-state index contributed by atoms with van der Waals surface area (Å²) in [5.74, 6) is 0.0169.